The molecule has 2 N–H and O–H groups in total. The van der Waals surface area contributed by atoms with Crippen LogP contribution in [0.1, 0.15) is 81.2 Å². The van der Waals surface area contributed by atoms with Crippen molar-refractivity contribution in [2.75, 3.05) is 0 Å². The van der Waals surface area contributed by atoms with Crippen LogP contribution in [0.5, 0.6) is 0 Å². The zero-order valence-corrected chi connectivity index (χ0v) is 16.6. The van der Waals surface area contributed by atoms with Gasteiger partial charge in [0.25, 0.3) is 0 Å². The number of rotatable bonds is 10. The zero-order chi connectivity index (χ0) is 20.1. The van der Waals surface area contributed by atoms with E-state index in [2.05, 4.69) is 11.9 Å². The molecule has 0 aliphatic heterocycles. The van der Waals surface area contributed by atoms with Crippen LogP contribution in [0.4, 0.5) is 4.39 Å². The molecule has 3 rings (SSSR count). The highest BCUT2D eigenvalue weighted by molar-refractivity contribution is 5.83. The Hall–Kier alpha value is -1.69. The number of aromatic carboxylic acids is 1. The van der Waals surface area contributed by atoms with Gasteiger partial charge in [-0.15, -0.1) is 0 Å². The fourth-order valence-electron chi connectivity index (χ4n) is 4.88. The third kappa shape index (κ3) is 4.65. The fraction of sp³-hybridized carbons (Fsp3) is 0.727. The number of aliphatic hydroxyl groups excluding tert-OH is 1. The first-order chi connectivity index (χ1) is 13.4. The number of alkyl halides is 1. The van der Waals surface area contributed by atoms with E-state index >= 15 is 0 Å². The van der Waals surface area contributed by atoms with Crippen LogP contribution in [-0.2, 0) is 6.42 Å². The highest BCUT2D eigenvalue weighted by Gasteiger charge is 2.41. The standard InChI is InChI=1S/C22H32FNO4/c1-2-22(12-5-13-22)19(25)8-4-7-16-15(10-11-17(16)23)6-3-9-20-24-14-18(28-20)21(26)27/h4,7,14-17,19,25H,2-3,5-6,8-13H2,1H3,(H,26,27)/b7-4+/t15-,16+,17+,19?/m0/s1. The number of aliphatic hydroxyl groups is 1. The molecule has 0 spiro atoms. The summed E-state index contributed by atoms with van der Waals surface area (Å²) in [4.78, 5) is 14.8. The third-order valence-corrected chi connectivity index (χ3v) is 6.98. The maximum atomic E-state index is 14.4. The van der Waals surface area contributed by atoms with E-state index in [-0.39, 0.29) is 29.1 Å². The maximum absolute atomic E-state index is 14.4. The number of aryl methyl sites for hydroxylation is 1. The van der Waals surface area contributed by atoms with E-state index in [1.807, 2.05) is 12.2 Å². The number of allylic oxidation sites excluding steroid dienone is 1. The van der Waals surface area contributed by atoms with Crippen molar-refractivity contribution in [1.82, 2.24) is 4.98 Å². The molecule has 156 valence electrons. The second-order valence-corrected chi connectivity index (χ2v) is 8.50. The number of halogens is 1. The molecule has 0 amide bonds. The van der Waals surface area contributed by atoms with Gasteiger partial charge in [-0.05, 0) is 62.7 Å². The molecular weight excluding hydrogens is 361 g/mol. The molecule has 0 radical (unpaired) electrons. The van der Waals surface area contributed by atoms with Crippen molar-refractivity contribution in [2.45, 2.75) is 83.4 Å². The second kappa shape index (κ2) is 9.21. The Kier molecular flexibility index (Phi) is 6.91. The monoisotopic (exact) mass is 393 g/mol. The number of hydrogen-bond acceptors (Lipinski definition) is 4. The molecule has 2 aliphatic carbocycles. The average Bonchev–Trinajstić information content (AvgIpc) is 3.23. The predicted molar refractivity (Wildman–Crippen MR) is 104 cm³/mol. The Morgan fingerprint density at radius 2 is 2.25 bits per heavy atom. The maximum Gasteiger partial charge on any atom is 0.373 e. The van der Waals surface area contributed by atoms with Crippen LogP contribution < -0.4 is 0 Å². The predicted octanol–water partition coefficient (Wildman–Crippen LogP) is 4.95. The minimum absolute atomic E-state index is 0.0827. The van der Waals surface area contributed by atoms with Crippen LogP contribution >= 0.6 is 0 Å². The molecule has 5 nitrogen and oxygen atoms in total. The molecule has 2 fully saturated rings. The van der Waals surface area contributed by atoms with E-state index in [1.54, 1.807) is 0 Å². The van der Waals surface area contributed by atoms with Gasteiger partial charge in [-0.2, -0.15) is 0 Å². The first kappa shape index (κ1) is 21.0. The molecule has 0 saturated heterocycles. The molecule has 1 aromatic rings. The molecular formula is C22H32FNO4. The van der Waals surface area contributed by atoms with Crippen LogP contribution in [0.3, 0.4) is 0 Å². The quantitative estimate of drug-likeness (QED) is 0.550. The third-order valence-electron chi connectivity index (χ3n) is 6.98. The highest BCUT2D eigenvalue weighted by atomic mass is 19.1. The van der Waals surface area contributed by atoms with Gasteiger partial charge in [-0.25, -0.2) is 14.2 Å². The summed E-state index contributed by atoms with van der Waals surface area (Å²) in [7, 11) is 0. The summed E-state index contributed by atoms with van der Waals surface area (Å²) in [6.07, 6.45) is 12.7. The van der Waals surface area contributed by atoms with Gasteiger partial charge >= 0.3 is 5.97 Å². The summed E-state index contributed by atoms with van der Waals surface area (Å²) in [6.45, 7) is 2.14. The molecule has 0 aromatic carbocycles. The number of aromatic nitrogens is 1. The highest BCUT2D eigenvalue weighted by Crippen LogP contribution is 2.47. The van der Waals surface area contributed by atoms with Crippen molar-refractivity contribution in [2.24, 2.45) is 17.3 Å². The van der Waals surface area contributed by atoms with Crippen LogP contribution in [0.2, 0.25) is 0 Å². The van der Waals surface area contributed by atoms with Gasteiger partial charge in [0.15, 0.2) is 5.89 Å². The Morgan fingerprint density at radius 1 is 1.46 bits per heavy atom. The number of hydrogen-bond donors (Lipinski definition) is 2. The van der Waals surface area contributed by atoms with Gasteiger partial charge in [-0.3, -0.25) is 0 Å². The molecule has 4 atom stereocenters. The van der Waals surface area contributed by atoms with Gasteiger partial charge in [0.05, 0.1) is 12.3 Å². The smallest absolute Gasteiger partial charge is 0.373 e. The lowest BCUT2D eigenvalue weighted by Gasteiger charge is -2.45. The van der Waals surface area contributed by atoms with Crippen LogP contribution in [0.15, 0.2) is 22.8 Å². The largest absolute Gasteiger partial charge is 0.475 e. The molecule has 6 heteroatoms. The topological polar surface area (TPSA) is 83.6 Å². The Labute approximate surface area is 166 Å². The first-order valence-corrected chi connectivity index (χ1v) is 10.6. The molecule has 1 aromatic heterocycles. The van der Waals surface area contributed by atoms with Crippen LogP contribution in [0.25, 0.3) is 0 Å². The lowest BCUT2D eigenvalue weighted by atomic mass is 9.63. The minimum atomic E-state index is -1.12. The molecule has 1 unspecified atom stereocenters. The molecule has 2 saturated carbocycles. The molecule has 0 bridgehead atoms. The van der Waals surface area contributed by atoms with Crippen molar-refractivity contribution >= 4 is 5.97 Å². The zero-order valence-electron chi connectivity index (χ0n) is 16.6. The van der Waals surface area contributed by atoms with Crippen LogP contribution in [-0.4, -0.2) is 33.4 Å². The number of oxazole rings is 1. The van der Waals surface area contributed by atoms with E-state index in [1.165, 1.54) is 12.6 Å². The summed E-state index contributed by atoms with van der Waals surface area (Å²) < 4.78 is 19.6. The van der Waals surface area contributed by atoms with E-state index < -0.39 is 12.1 Å². The van der Waals surface area contributed by atoms with E-state index in [4.69, 9.17) is 9.52 Å². The van der Waals surface area contributed by atoms with E-state index in [0.29, 0.717) is 25.2 Å². The van der Waals surface area contributed by atoms with Crippen LogP contribution in [0, 0.1) is 17.3 Å². The first-order valence-electron chi connectivity index (χ1n) is 10.6. The Balaban J connectivity index is 1.47. The summed E-state index contributed by atoms with van der Waals surface area (Å²) >= 11 is 0. The molecule has 2 aliphatic rings. The summed E-state index contributed by atoms with van der Waals surface area (Å²) in [5, 5.41) is 19.4. The number of carbonyl (C=O) groups is 1. The average molecular weight is 393 g/mol. The lowest BCUT2D eigenvalue weighted by Crippen LogP contribution is -2.40. The fourth-order valence-corrected chi connectivity index (χ4v) is 4.88. The van der Waals surface area contributed by atoms with Gasteiger partial charge < -0.3 is 14.6 Å². The summed E-state index contributed by atoms with van der Waals surface area (Å²) in [6, 6.07) is 0. The summed E-state index contributed by atoms with van der Waals surface area (Å²) in [5.41, 5.74) is 0.0827. The van der Waals surface area contributed by atoms with Gasteiger partial charge in [-0.1, -0.05) is 25.5 Å². The minimum Gasteiger partial charge on any atom is -0.475 e. The van der Waals surface area contributed by atoms with Gasteiger partial charge in [0, 0.05) is 12.3 Å². The van der Waals surface area contributed by atoms with E-state index in [9.17, 15) is 14.3 Å². The Bertz CT molecular complexity index is 676. The van der Waals surface area contributed by atoms with Crippen molar-refractivity contribution < 1.29 is 23.8 Å². The van der Waals surface area contributed by atoms with Gasteiger partial charge in [0.1, 0.15) is 6.17 Å². The Morgan fingerprint density at radius 3 is 2.86 bits per heavy atom. The number of carboxylic acids is 1. The SMILES string of the molecule is CCC1(C(O)C/C=C/[C@@H]2[C@@H](CCCc3ncc(C(=O)O)o3)CC[C@H]2F)CCC1. The molecule has 28 heavy (non-hydrogen) atoms. The number of nitrogens with zero attached hydrogens (tertiary/aromatic N) is 1. The van der Waals surface area contributed by atoms with Gasteiger partial charge in [0.2, 0.25) is 5.76 Å². The van der Waals surface area contributed by atoms with Crippen molar-refractivity contribution in [1.29, 1.82) is 0 Å². The summed E-state index contributed by atoms with van der Waals surface area (Å²) in [5.74, 6) is -0.649. The molecule has 1 heterocycles. The second-order valence-electron chi connectivity index (χ2n) is 8.50. The van der Waals surface area contributed by atoms with Crippen molar-refractivity contribution in [3.63, 3.8) is 0 Å². The van der Waals surface area contributed by atoms with Crippen molar-refractivity contribution in [3.05, 3.63) is 30.0 Å². The lowest BCUT2D eigenvalue weighted by molar-refractivity contribution is -0.0355. The normalized spacial score (nSPS) is 27.8. The number of carboxylic acid groups (broad SMARTS) is 1. The van der Waals surface area contributed by atoms with E-state index in [0.717, 1.165) is 38.5 Å². The van der Waals surface area contributed by atoms with Crippen molar-refractivity contribution in [3.8, 4) is 0 Å².